The molecule has 0 spiro atoms. The van der Waals surface area contributed by atoms with Crippen molar-refractivity contribution in [2.45, 2.75) is 19.9 Å². The molecule has 0 saturated carbocycles. The van der Waals surface area contributed by atoms with Gasteiger partial charge in [-0.25, -0.2) is 9.82 Å². The summed E-state index contributed by atoms with van der Waals surface area (Å²) in [6.45, 7) is 3.90. The summed E-state index contributed by atoms with van der Waals surface area (Å²) in [6, 6.07) is 5.76. The minimum absolute atomic E-state index is 0.357. The van der Waals surface area contributed by atoms with Gasteiger partial charge in [-0.3, -0.25) is 10.8 Å². The van der Waals surface area contributed by atoms with Crippen LogP contribution in [-0.2, 0) is 0 Å². The van der Waals surface area contributed by atoms with Crippen molar-refractivity contribution in [3.8, 4) is 0 Å². The summed E-state index contributed by atoms with van der Waals surface area (Å²) in [5.74, 6) is 5.23. The highest BCUT2D eigenvalue weighted by Gasteiger charge is 2.19. The van der Waals surface area contributed by atoms with Crippen LogP contribution >= 0.6 is 11.6 Å². The van der Waals surface area contributed by atoms with Gasteiger partial charge in [0.15, 0.2) is 0 Å². The summed E-state index contributed by atoms with van der Waals surface area (Å²) in [5, 5.41) is 0.450. The number of pyridine rings is 1. The average molecular weight is 280 g/mol. The van der Waals surface area contributed by atoms with Gasteiger partial charge in [-0.15, -0.1) is 0 Å². The maximum atomic E-state index is 13.4. The molecule has 5 heteroatoms. The van der Waals surface area contributed by atoms with E-state index in [1.54, 1.807) is 6.20 Å². The van der Waals surface area contributed by atoms with E-state index < -0.39 is 6.04 Å². The molecule has 0 saturated heterocycles. The summed E-state index contributed by atoms with van der Waals surface area (Å²) >= 11 is 6.11. The Morgan fingerprint density at radius 3 is 2.68 bits per heavy atom. The molecule has 3 N–H and O–H groups in total. The molecule has 0 aliphatic rings. The van der Waals surface area contributed by atoms with Crippen LogP contribution in [0.2, 0.25) is 5.02 Å². The van der Waals surface area contributed by atoms with E-state index in [2.05, 4.69) is 10.4 Å². The number of rotatable bonds is 3. The fourth-order valence-corrected chi connectivity index (χ4v) is 2.31. The molecular formula is C14H15ClFN3. The molecule has 0 aliphatic heterocycles. The number of benzene rings is 1. The molecule has 1 atom stereocenters. The predicted molar refractivity (Wildman–Crippen MR) is 74.3 cm³/mol. The first-order chi connectivity index (χ1) is 9.02. The molecule has 0 fully saturated rings. The van der Waals surface area contributed by atoms with Gasteiger partial charge in [0.25, 0.3) is 0 Å². The minimum atomic E-state index is -0.441. The molecule has 1 aromatic heterocycles. The lowest BCUT2D eigenvalue weighted by Crippen LogP contribution is -2.30. The van der Waals surface area contributed by atoms with Crippen LogP contribution in [0.4, 0.5) is 4.39 Å². The molecule has 1 aromatic carbocycles. The maximum absolute atomic E-state index is 13.4. The maximum Gasteiger partial charge on any atom is 0.123 e. The number of nitrogens with zero attached hydrogens (tertiary/aromatic N) is 1. The van der Waals surface area contributed by atoms with Gasteiger partial charge in [0.05, 0.1) is 11.7 Å². The summed E-state index contributed by atoms with van der Waals surface area (Å²) in [7, 11) is 0. The number of hydrazine groups is 1. The lowest BCUT2D eigenvalue weighted by Gasteiger charge is -2.19. The van der Waals surface area contributed by atoms with Crippen LogP contribution in [0, 0.1) is 19.7 Å². The van der Waals surface area contributed by atoms with Gasteiger partial charge in [-0.1, -0.05) is 17.7 Å². The largest absolute Gasteiger partial charge is 0.271 e. The zero-order valence-corrected chi connectivity index (χ0v) is 11.5. The van der Waals surface area contributed by atoms with Crippen molar-refractivity contribution in [1.29, 1.82) is 0 Å². The van der Waals surface area contributed by atoms with E-state index in [-0.39, 0.29) is 5.82 Å². The quantitative estimate of drug-likeness (QED) is 0.671. The number of nitrogens with two attached hydrogens (primary N) is 1. The Hall–Kier alpha value is -1.49. The standard InChI is InChI=1S/C14H15ClFN3/c1-8-5-9(2)13(18-7-8)14(19-17)11-6-10(16)3-4-12(11)15/h3-7,14,19H,17H2,1-2H3. The van der Waals surface area contributed by atoms with Crippen molar-refractivity contribution >= 4 is 11.6 Å². The lowest BCUT2D eigenvalue weighted by molar-refractivity contribution is 0.595. The van der Waals surface area contributed by atoms with Crippen LogP contribution in [0.25, 0.3) is 0 Å². The SMILES string of the molecule is Cc1cnc(C(NN)c2cc(F)ccc2Cl)c(C)c1. The van der Waals surface area contributed by atoms with Gasteiger partial charge in [0.2, 0.25) is 0 Å². The molecule has 0 radical (unpaired) electrons. The molecule has 0 aliphatic carbocycles. The topological polar surface area (TPSA) is 50.9 Å². The van der Waals surface area contributed by atoms with Crippen LogP contribution in [0.1, 0.15) is 28.4 Å². The highest BCUT2D eigenvalue weighted by molar-refractivity contribution is 6.31. The zero-order valence-electron chi connectivity index (χ0n) is 10.7. The molecule has 3 nitrogen and oxygen atoms in total. The smallest absolute Gasteiger partial charge is 0.123 e. The monoisotopic (exact) mass is 279 g/mol. The van der Waals surface area contributed by atoms with Gasteiger partial charge < -0.3 is 0 Å². The Morgan fingerprint density at radius 2 is 2.05 bits per heavy atom. The third-order valence-corrected chi connectivity index (χ3v) is 3.31. The molecule has 0 amide bonds. The van der Waals surface area contributed by atoms with E-state index in [9.17, 15) is 4.39 Å². The minimum Gasteiger partial charge on any atom is -0.271 e. The second-order valence-electron chi connectivity index (χ2n) is 4.48. The third kappa shape index (κ3) is 2.92. The van der Waals surface area contributed by atoms with Crippen LogP contribution in [0.3, 0.4) is 0 Å². The van der Waals surface area contributed by atoms with Crippen molar-refractivity contribution in [3.63, 3.8) is 0 Å². The van der Waals surface area contributed by atoms with E-state index in [4.69, 9.17) is 17.4 Å². The number of aromatic nitrogens is 1. The van der Waals surface area contributed by atoms with Gasteiger partial charge >= 0.3 is 0 Å². The van der Waals surface area contributed by atoms with Crippen LogP contribution < -0.4 is 11.3 Å². The van der Waals surface area contributed by atoms with Crippen LogP contribution in [-0.4, -0.2) is 4.98 Å². The van der Waals surface area contributed by atoms with Crippen LogP contribution in [0.15, 0.2) is 30.5 Å². The number of hydrogen-bond donors (Lipinski definition) is 2. The number of halogens is 2. The molecular weight excluding hydrogens is 265 g/mol. The summed E-state index contributed by atoms with van der Waals surface area (Å²) in [6.07, 6.45) is 1.75. The number of aryl methyl sites for hydroxylation is 2. The Kier molecular flexibility index (Phi) is 4.14. The van der Waals surface area contributed by atoms with E-state index >= 15 is 0 Å². The van der Waals surface area contributed by atoms with Crippen molar-refractivity contribution in [1.82, 2.24) is 10.4 Å². The van der Waals surface area contributed by atoms with E-state index in [1.165, 1.54) is 18.2 Å². The molecule has 2 aromatic rings. The highest BCUT2D eigenvalue weighted by atomic mass is 35.5. The Morgan fingerprint density at radius 1 is 1.32 bits per heavy atom. The summed E-state index contributed by atoms with van der Waals surface area (Å²) in [5.41, 5.74) is 5.99. The van der Waals surface area contributed by atoms with E-state index in [0.29, 0.717) is 10.6 Å². The Balaban J connectivity index is 2.52. The molecule has 1 unspecified atom stereocenters. The molecule has 0 bridgehead atoms. The first-order valence-corrected chi connectivity index (χ1v) is 6.25. The first-order valence-electron chi connectivity index (χ1n) is 5.87. The van der Waals surface area contributed by atoms with Gasteiger partial charge in [0.1, 0.15) is 5.82 Å². The number of nitrogens with one attached hydrogen (secondary N) is 1. The first kappa shape index (κ1) is 13.9. The average Bonchev–Trinajstić information content (AvgIpc) is 2.36. The van der Waals surface area contributed by atoms with Crippen molar-refractivity contribution in [2.75, 3.05) is 0 Å². The van der Waals surface area contributed by atoms with Gasteiger partial charge in [0, 0.05) is 11.2 Å². The Labute approximate surface area is 116 Å². The molecule has 2 rings (SSSR count). The highest BCUT2D eigenvalue weighted by Crippen LogP contribution is 2.29. The normalized spacial score (nSPS) is 12.5. The van der Waals surface area contributed by atoms with Crippen molar-refractivity contribution in [2.24, 2.45) is 5.84 Å². The van der Waals surface area contributed by atoms with E-state index in [0.717, 1.165) is 16.8 Å². The fraction of sp³-hybridized carbons (Fsp3) is 0.214. The van der Waals surface area contributed by atoms with Crippen molar-refractivity contribution in [3.05, 3.63) is 63.7 Å². The number of hydrogen-bond acceptors (Lipinski definition) is 3. The third-order valence-electron chi connectivity index (χ3n) is 2.96. The Bertz CT molecular complexity index is 601. The second-order valence-corrected chi connectivity index (χ2v) is 4.89. The summed E-state index contributed by atoms with van der Waals surface area (Å²) < 4.78 is 13.4. The predicted octanol–water partition coefficient (Wildman–Crippen LogP) is 3.04. The van der Waals surface area contributed by atoms with Gasteiger partial charge in [-0.2, -0.15) is 0 Å². The molecule has 19 heavy (non-hydrogen) atoms. The second kappa shape index (κ2) is 5.65. The van der Waals surface area contributed by atoms with Crippen molar-refractivity contribution < 1.29 is 4.39 Å². The summed E-state index contributed by atoms with van der Waals surface area (Å²) in [4.78, 5) is 4.37. The van der Waals surface area contributed by atoms with Gasteiger partial charge in [-0.05, 0) is 48.7 Å². The van der Waals surface area contributed by atoms with E-state index in [1.807, 2.05) is 19.9 Å². The van der Waals surface area contributed by atoms with Crippen LogP contribution in [0.5, 0.6) is 0 Å². The molecule has 100 valence electrons. The molecule has 1 heterocycles. The fourth-order valence-electron chi connectivity index (χ4n) is 2.08. The zero-order chi connectivity index (χ0) is 14.0. The lowest BCUT2D eigenvalue weighted by atomic mass is 9.99.